The van der Waals surface area contributed by atoms with Crippen LogP contribution in [0, 0.1) is 0 Å². The van der Waals surface area contributed by atoms with Crippen molar-refractivity contribution in [2.45, 2.75) is 19.4 Å². The van der Waals surface area contributed by atoms with Crippen LogP contribution in [0.1, 0.15) is 28.1 Å². The van der Waals surface area contributed by atoms with E-state index in [0.717, 1.165) is 5.56 Å². The van der Waals surface area contributed by atoms with Gasteiger partial charge in [0.2, 0.25) is 5.91 Å². The highest BCUT2D eigenvalue weighted by molar-refractivity contribution is 7.12. The molecular weight excluding hydrogens is 350 g/mol. The zero-order chi connectivity index (χ0) is 18.2. The lowest BCUT2D eigenvalue weighted by atomic mass is 10.2. The van der Waals surface area contributed by atoms with Crippen molar-refractivity contribution in [3.8, 4) is 5.82 Å². The molecule has 2 amide bonds. The molecule has 3 rings (SSSR count). The third-order valence-electron chi connectivity index (χ3n) is 3.68. The Morgan fingerprint density at radius 1 is 1.12 bits per heavy atom. The van der Waals surface area contributed by atoms with E-state index in [1.807, 2.05) is 35.8 Å². The summed E-state index contributed by atoms with van der Waals surface area (Å²) in [5.74, 6) is 0.534. The summed E-state index contributed by atoms with van der Waals surface area (Å²) in [6.45, 7) is 0.846. The Kier molecular flexibility index (Phi) is 6.10. The Hall–Kier alpha value is -3.00. The molecule has 134 valence electrons. The van der Waals surface area contributed by atoms with Crippen molar-refractivity contribution < 1.29 is 9.59 Å². The van der Waals surface area contributed by atoms with Crippen molar-refractivity contribution in [3.63, 3.8) is 0 Å². The summed E-state index contributed by atoms with van der Waals surface area (Å²) < 4.78 is 1.67. The van der Waals surface area contributed by atoms with E-state index >= 15 is 0 Å². The SMILES string of the molecule is O=C(CCCNC(=O)c1cccs1)NCc1cccnc1-n1cccn1. The lowest BCUT2D eigenvalue weighted by Gasteiger charge is -2.10. The normalized spacial score (nSPS) is 10.5. The molecule has 0 spiro atoms. The molecule has 3 aromatic heterocycles. The van der Waals surface area contributed by atoms with Crippen LogP contribution in [0.4, 0.5) is 0 Å². The van der Waals surface area contributed by atoms with Crippen molar-refractivity contribution in [2.24, 2.45) is 0 Å². The third-order valence-corrected chi connectivity index (χ3v) is 4.54. The minimum absolute atomic E-state index is 0.0642. The van der Waals surface area contributed by atoms with Crippen molar-refractivity contribution in [3.05, 3.63) is 64.7 Å². The summed E-state index contributed by atoms with van der Waals surface area (Å²) in [6, 6.07) is 9.17. The number of thiophene rings is 1. The van der Waals surface area contributed by atoms with Crippen LogP contribution in [0.15, 0.2) is 54.3 Å². The van der Waals surface area contributed by atoms with Gasteiger partial charge in [-0.25, -0.2) is 9.67 Å². The van der Waals surface area contributed by atoms with Crippen LogP contribution >= 0.6 is 11.3 Å². The predicted molar refractivity (Wildman–Crippen MR) is 99.1 cm³/mol. The van der Waals surface area contributed by atoms with E-state index in [1.165, 1.54) is 11.3 Å². The van der Waals surface area contributed by atoms with E-state index < -0.39 is 0 Å². The summed E-state index contributed by atoms with van der Waals surface area (Å²) in [6.07, 6.45) is 6.12. The molecule has 3 heterocycles. The van der Waals surface area contributed by atoms with Gasteiger partial charge >= 0.3 is 0 Å². The molecule has 0 radical (unpaired) electrons. The number of hydrogen-bond donors (Lipinski definition) is 2. The first-order valence-electron chi connectivity index (χ1n) is 8.26. The van der Waals surface area contributed by atoms with Crippen LogP contribution in [0.2, 0.25) is 0 Å². The lowest BCUT2D eigenvalue weighted by molar-refractivity contribution is -0.121. The second kappa shape index (κ2) is 8.91. The predicted octanol–water partition coefficient (Wildman–Crippen LogP) is 2.16. The Morgan fingerprint density at radius 2 is 2.04 bits per heavy atom. The van der Waals surface area contributed by atoms with Crippen LogP contribution in [0.25, 0.3) is 5.82 Å². The second-order valence-electron chi connectivity index (χ2n) is 5.55. The number of rotatable bonds is 8. The van der Waals surface area contributed by atoms with Gasteiger partial charge in [0, 0.05) is 43.7 Å². The van der Waals surface area contributed by atoms with Crippen LogP contribution in [0.3, 0.4) is 0 Å². The maximum absolute atomic E-state index is 12.0. The first-order chi connectivity index (χ1) is 12.7. The second-order valence-corrected chi connectivity index (χ2v) is 6.50. The highest BCUT2D eigenvalue weighted by atomic mass is 32.1. The fourth-order valence-electron chi connectivity index (χ4n) is 2.40. The van der Waals surface area contributed by atoms with Gasteiger partial charge in [-0.3, -0.25) is 9.59 Å². The quantitative estimate of drug-likeness (QED) is 0.596. The zero-order valence-corrected chi connectivity index (χ0v) is 14.9. The zero-order valence-electron chi connectivity index (χ0n) is 14.1. The van der Waals surface area contributed by atoms with Gasteiger partial charge in [0.15, 0.2) is 5.82 Å². The van der Waals surface area contributed by atoms with Crippen molar-refractivity contribution in [1.82, 2.24) is 25.4 Å². The molecule has 0 saturated heterocycles. The van der Waals surface area contributed by atoms with Gasteiger partial charge in [0.05, 0.1) is 4.88 Å². The number of aromatic nitrogens is 3. The molecule has 0 aliphatic carbocycles. The Labute approximate surface area is 155 Å². The molecule has 2 N–H and O–H groups in total. The molecule has 0 atom stereocenters. The molecule has 0 aliphatic heterocycles. The molecule has 3 aromatic rings. The Bertz CT molecular complexity index is 846. The molecule has 26 heavy (non-hydrogen) atoms. The minimum atomic E-state index is -0.0976. The van der Waals surface area contributed by atoms with E-state index in [2.05, 4.69) is 20.7 Å². The largest absolute Gasteiger partial charge is 0.352 e. The van der Waals surface area contributed by atoms with Gasteiger partial charge in [-0.1, -0.05) is 12.1 Å². The standard InChI is InChI=1S/C18H19N5O2S/c24-16(7-2-9-20-18(25)15-6-3-12-26-15)21-13-14-5-1-8-19-17(14)23-11-4-10-22-23/h1,3-6,8,10-12H,2,7,9,13H2,(H,20,25)(H,21,24). The highest BCUT2D eigenvalue weighted by Crippen LogP contribution is 2.10. The summed E-state index contributed by atoms with van der Waals surface area (Å²) in [4.78, 5) is 28.8. The van der Waals surface area contributed by atoms with Crippen molar-refractivity contribution >= 4 is 23.2 Å². The van der Waals surface area contributed by atoms with E-state index in [9.17, 15) is 9.59 Å². The third kappa shape index (κ3) is 4.76. The van der Waals surface area contributed by atoms with Gasteiger partial charge < -0.3 is 10.6 Å². The summed E-state index contributed by atoms with van der Waals surface area (Å²) in [5, 5.41) is 11.7. The topological polar surface area (TPSA) is 88.9 Å². The smallest absolute Gasteiger partial charge is 0.261 e. The minimum Gasteiger partial charge on any atom is -0.352 e. The van der Waals surface area contributed by atoms with Crippen LogP contribution in [-0.2, 0) is 11.3 Å². The monoisotopic (exact) mass is 369 g/mol. The number of amides is 2. The molecule has 8 heteroatoms. The number of carbonyl (C=O) groups excluding carboxylic acids is 2. The summed E-state index contributed by atoms with van der Waals surface area (Å²) in [5.41, 5.74) is 0.885. The lowest BCUT2D eigenvalue weighted by Crippen LogP contribution is -2.27. The van der Waals surface area contributed by atoms with Gasteiger partial charge in [-0.2, -0.15) is 5.10 Å². The average Bonchev–Trinajstić information content (AvgIpc) is 3.37. The van der Waals surface area contributed by atoms with E-state index in [4.69, 9.17) is 0 Å². The Morgan fingerprint density at radius 3 is 2.81 bits per heavy atom. The van der Waals surface area contributed by atoms with E-state index in [0.29, 0.717) is 36.6 Å². The van der Waals surface area contributed by atoms with Crippen LogP contribution in [0.5, 0.6) is 0 Å². The molecule has 0 unspecified atom stereocenters. The molecule has 0 fully saturated rings. The van der Waals surface area contributed by atoms with Gasteiger partial charge in [0.1, 0.15) is 0 Å². The number of hydrogen-bond acceptors (Lipinski definition) is 5. The van der Waals surface area contributed by atoms with Crippen LogP contribution in [-0.4, -0.2) is 33.1 Å². The number of pyridine rings is 1. The van der Waals surface area contributed by atoms with Gasteiger partial charge in [0.25, 0.3) is 5.91 Å². The summed E-state index contributed by atoms with van der Waals surface area (Å²) >= 11 is 1.40. The maximum atomic E-state index is 12.0. The number of nitrogens with zero attached hydrogens (tertiary/aromatic N) is 3. The van der Waals surface area contributed by atoms with Crippen LogP contribution < -0.4 is 10.6 Å². The molecule has 0 bridgehead atoms. The molecular formula is C18H19N5O2S. The molecule has 0 aliphatic rings. The highest BCUT2D eigenvalue weighted by Gasteiger charge is 2.09. The van der Waals surface area contributed by atoms with Gasteiger partial charge in [-0.05, 0) is 30.0 Å². The van der Waals surface area contributed by atoms with E-state index in [-0.39, 0.29) is 11.8 Å². The van der Waals surface area contributed by atoms with E-state index in [1.54, 1.807) is 23.1 Å². The van der Waals surface area contributed by atoms with Gasteiger partial charge in [-0.15, -0.1) is 11.3 Å². The first kappa shape index (κ1) is 17.8. The first-order valence-corrected chi connectivity index (χ1v) is 9.14. The summed E-state index contributed by atoms with van der Waals surface area (Å²) in [7, 11) is 0. The van der Waals surface area contributed by atoms with Crippen molar-refractivity contribution in [2.75, 3.05) is 6.54 Å². The number of carbonyl (C=O) groups is 2. The molecule has 7 nitrogen and oxygen atoms in total. The fourth-order valence-corrected chi connectivity index (χ4v) is 3.04. The van der Waals surface area contributed by atoms with Crippen molar-refractivity contribution in [1.29, 1.82) is 0 Å². The molecule has 0 saturated carbocycles. The average molecular weight is 369 g/mol. The fraction of sp³-hybridized carbons (Fsp3) is 0.222. The number of nitrogens with one attached hydrogen (secondary N) is 2. The molecule has 0 aromatic carbocycles. The Balaban J connectivity index is 1.42. The maximum Gasteiger partial charge on any atom is 0.261 e.